The molecule has 0 heteroatoms. The summed E-state index contributed by atoms with van der Waals surface area (Å²) in [5, 5.41) is 0. The first-order valence-corrected chi connectivity index (χ1v) is 11.5. The van der Waals surface area contributed by atoms with Crippen molar-refractivity contribution in [2.24, 2.45) is 52.3 Å². The molecular formula is C25H42. The largest absolute Gasteiger partial charge is 0.0995 e. The van der Waals surface area contributed by atoms with Gasteiger partial charge in [0.05, 0.1) is 0 Å². The van der Waals surface area contributed by atoms with E-state index in [1.165, 1.54) is 57.8 Å². The lowest BCUT2D eigenvalue weighted by Gasteiger charge is -2.62. The molecule has 0 aromatic carbocycles. The fourth-order valence-electron chi connectivity index (χ4n) is 8.60. The van der Waals surface area contributed by atoms with E-state index in [1.807, 2.05) is 0 Å². The van der Waals surface area contributed by atoms with Gasteiger partial charge in [-0.3, -0.25) is 0 Å². The Hall–Kier alpha value is -0.260. The standard InChI is InChI=1S/C25H42/c1-7-17(3)20-8-9-21-23-18(4)15-19-14-16(2)10-12-24(19,5)22(23)11-13-25(20,21)6/h16-17,19-23H,4,7-15H2,1-3,5-6H3/t16-,17-,19?,20?,21+,22+,23?,24?,25?/m1/s1. The number of fused-ring (bicyclic) bond motifs is 5. The molecule has 0 saturated heterocycles. The second-order valence-electron chi connectivity index (χ2n) is 11.3. The molecule has 142 valence electrons. The monoisotopic (exact) mass is 342 g/mol. The van der Waals surface area contributed by atoms with Crippen molar-refractivity contribution in [2.75, 3.05) is 0 Å². The molecule has 9 atom stereocenters. The van der Waals surface area contributed by atoms with E-state index in [1.54, 1.807) is 5.57 Å². The lowest BCUT2D eigenvalue weighted by Crippen LogP contribution is -2.54. The maximum atomic E-state index is 4.73. The second kappa shape index (κ2) is 6.13. The quantitative estimate of drug-likeness (QED) is 0.456. The van der Waals surface area contributed by atoms with Gasteiger partial charge < -0.3 is 0 Å². The van der Waals surface area contributed by atoms with Gasteiger partial charge in [0.2, 0.25) is 0 Å². The van der Waals surface area contributed by atoms with Crippen LogP contribution in [-0.4, -0.2) is 0 Å². The van der Waals surface area contributed by atoms with Crippen LogP contribution in [0.5, 0.6) is 0 Å². The number of hydrogen-bond donors (Lipinski definition) is 0. The summed E-state index contributed by atoms with van der Waals surface area (Å²) in [4.78, 5) is 0. The highest BCUT2D eigenvalue weighted by atomic mass is 14.7. The zero-order valence-electron chi connectivity index (χ0n) is 17.6. The molecular weight excluding hydrogens is 300 g/mol. The van der Waals surface area contributed by atoms with Crippen molar-refractivity contribution in [2.45, 2.75) is 92.4 Å². The van der Waals surface area contributed by atoms with Crippen molar-refractivity contribution in [3.8, 4) is 0 Å². The van der Waals surface area contributed by atoms with Crippen molar-refractivity contribution >= 4 is 0 Å². The average Bonchev–Trinajstić information content (AvgIpc) is 2.93. The van der Waals surface area contributed by atoms with Crippen LogP contribution < -0.4 is 0 Å². The molecule has 0 N–H and O–H groups in total. The van der Waals surface area contributed by atoms with Gasteiger partial charge in [-0.25, -0.2) is 0 Å². The summed E-state index contributed by atoms with van der Waals surface area (Å²) in [6.45, 7) is 17.5. The van der Waals surface area contributed by atoms with E-state index in [-0.39, 0.29) is 0 Å². The van der Waals surface area contributed by atoms with Gasteiger partial charge in [0.25, 0.3) is 0 Å². The molecule has 4 saturated carbocycles. The second-order valence-corrected chi connectivity index (χ2v) is 11.3. The lowest BCUT2D eigenvalue weighted by molar-refractivity contribution is -0.0958. The van der Waals surface area contributed by atoms with Crippen LogP contribution in [0.15, 0.2) is 12.2 Å². The molecule has 5 unspecified atom stereocenters. The average molecular weight is 343 g/mol. The summed E-state index contributed by atoms with van der Waals surface area (Å²) in [5.74, 6) is 6.48. The normalized spacial score (nSPS) is 53.7. The van der Waals surface area contributed by atoms with E-state index in [2.05, 4.69) is 34.6 Å². The molecule has 4 fully saturated rings. The maximum Gasteiger partial charge on any atom is -0.0138 e. The van der Waals surface area contributed by atoms with Crippen molar-refractivity contribution in [3.63, 3.8) is 0 Å². The Bertz CT molecular complexity index is 532. The third kappa shape index (κ3) is 2.52. The molecule has 0 aliphatic heterocycles. The molecule has 0 radical (unpaired) electrons. The van der Waals surface area contributed by atoms with Gasteiger partial charge in [0.15, 0.2) is 0 Å². The third-order valence-corrected chi connectivity index (χ3v) is 10.3. The fraction of sp³-hybridized carbons (Fsp3) is 0.920. The predicted octanol–water partition coefficient (Wildman–Crippen LogP) is 7.49. The van der Waals surface area contributed by atoms with Gasteiger partial charge in [0.1, 0.15) is 0 Å². The van der Waals surface area contributed by atoms with Gasteiger partial charge in [-0.1, -0.05) is 59.6 Å². The molecule has 0 bridgehead atoms. The van der Waals surface area contributed by atoms with Gasteiger partial charge in [0, 0.05) is 0 Å². The van der Waals surface area contributed by atoms with Crippen LogP contribution in [-0.2, 0) is 0 Å². The Morgan fingerprint density at radius 2 is 1.72 bits per heavy atom. The number of rotatable bonds is 2. The highest BCUT2D eigenvalue weighted by Gasteiger charge is 2.61. The summed E-state index contributed by atoms with van der Waals surface area (Å²) in [5.41, 5.74) is 2.89. The van der Waals surface area contributed by atoms with Crippen LogP contribution in [0.1, 0.15) is 92.4 Å². The predicted molar refractivity (Wildman–Crippen MR) is 108 cm³/mol. The summed E-state index contributed by atoms with van der Waals surface area (Å²) in [6, 6.07) is 0. The van der Waals surface area contributed by atoms with E-state index >= 15 is 0 Å². The zero-order valence-corrected chi connectivity index (χ0v) is 17.6. The van der Waals surface area contributed by atoms with Crippen LogP contribution in [0.2, 0.25) is 0 Å². The first-order valence-electron chi connectivity index (χ1n) is 11.5. The van der Waals surface area contributed by atoms with E-state index < -0.39 is 0 Å². The van der Waals surface area contributed by atoms with Gasteiger partial charge in [-0.05, 0) is 97.2 Å². The van der Waals surface area contributed by atoms with Crippen molar-refractivity contribution in [3.05, 3.63) is 12.2 Å². The van der Waals surface area contributed by atoms with Crippen LogP contribution in [0.3, 0.4) is 0 Å². The highest BCUT2D eigenvalue weighted by Crippen LogP contribution is 2.69. The Morgan fingerprint density at radius 1 is 1.04 bits per heavy atom. The SMILES string of the molecule is C=C1CC2C[C@H](C)CCC2(C)[C@H]2CCC3(C)C([C@H](C)CC)CC[C@H]3C12. The minimum absolute atomic E-state index is 0.602. The number of hydrogen-bond acceptors (Lipinski definition) is 0. The molecule has 4 aliphatic rings. The summed E-state index contributed by atoms with van der Waals surface area (Å²) in [6.07, 6.45) is 13.1. The molecule has 4 aliphatic carbocycles. The van der Waals surface area contributed by atoms with E-state index in [4.69, 9.17) is 6.58 Å². The van der Waals surface area contributed by atoms with E-state index in [0.717, 1.165) is 41.4 Å². The van der Waals surface area contributed by atoms with Gasteiger partial charge in [-0.15, -0.1) is 0 Å². The third-order valence-electron chi connectivity index (χ3n) is 10.3. The molecule has 0 nitrogen and oxygen atoms in total. The van der Waals surface area contributed by atoms with Crippen molar-refractivity contribution in [1.82, 2.24) is 0 Å². The van der Waals surface area contributed by atoms with Crippen LogP contribution in [0, 0.1) is 52.3 Å². The van der Waals surface area contributed by atoms with Gasteiger partial charge in [-0.2, -0.15) is 0 Å². The van der Waals surface area contributed by atoms with E-state index in [0.29, 0.717) is 10.8 Å². The Morgan fingerprint density at radius 3 is 2.44 bits per heavy atom. The Kier molecular flexibility index (Phi) is 4.45. The molecule has 25 heavy (non-hydrogen) atoms. The minimum Gasteiger partial charge on any atom is -0.0995 e. The van der Waals surface area contributed by atoms with E-state index in [9.17, 15) is 0 Å². The van der Waals surface area contributed by atoms with Gasteiger partial charge >= 0.3 is 0 Å². The lowest BCUT2D eigenvalue weighted by atomic mass is 9.43. The minimum atomic E-state index is 0.602. The molecule has 0 spiro atoms. The molecule has 4 rings (SSSR count). The van der Waals surface area contributed by atoms with Crippen LogP contribution in [0.25, 0.3) is 0 Å². The van der Waals surface area contributed by atoms with Crippen molar-refractivity contribution < 1.29 is 0 Å². The molecule has 0 amide bonds. The van der Waals surface area contributed by atoms with Crippen LogP contribution >= 0.6 is 0 Å². The fourth-order valence-corrected chi connectivity index (χ4v) is 8.60. The van der Waals surface area contributed by atoms with Crippen LogP contribution in [0.4, 0.5) is 0 Å². The molecule has 0 aromatic rings. The zero-order chi connectivity index (χ0) is 18.0. The maximum absolute atomic E-state index is 4.73. The first-order chi connectivity index (χ1) is 11.8. The topological polar surface area (TPSA) is 0 Å². The Labute approximate surface area is 157 Å². The summed E-state index contributed by atoms with van der Waals surface area (Å²) < 4.78 is 0. The Balaban J connectivity index is 1.65. The summed E-state index contributed by atoms with van der Waals surface area (Å²) >= 11 is 0. The molecule has 0 aromatic heterocycles. The van der Waals surface area contributed by atoms with Crippen molar-refractivity contribution in [1.29, 1.82) is 0 Å². The molecule has 0 heterocycles. The smallest absolute Gasteiger partial charge is 0.0138 e. The first kappa shape index (κ1) is 18.1. The number of allylic oxidation sites excluding steroid dienone is 1. The summed E-state index contributed by atoms with van der Waals surface area (Å²) in [7, 11) is 0. The highest BCUT2D eigenvalue weighted by molar-refractivity contribution is 5.21.